The number of amides is 11. The Hall–Kier alpha value is -6.25. The van der Waals surface area contributed by atoms with E-state index < -0.39 is 149 Å². The molecule has 2 saturated heterocycles. The standard InChI is InChI=1S/C71H127N13O13/c1-24-26-28-46(11)57-40-58(85)75-53(25-2)68(92)77(18)50(15)67(91)81(22)60(47(12)41-96-36-35-83-31-33-84(34-32-83)52-29-27-30-52)65(89)76-59(45(9)10)71(95)78(19)54(37-42(3)4)63(87)73-48(13)62(86)74-49(14)66(90)79(20)55(38-43(5)6)69(93)80(21)56(39-44(7)8)70(94)82(23)61(51(16)97-57)64(88)72-17/h24,26,42-57,59-61H,25,27-41H2,1-23H3,(H,72,88)(H,73,87)(H,74,86)(H,75,85)(H,76,89). The van der Waals surface area contributed by atoms with Gasteiger partial charge in [0, 0.05) is 94.0 Å². The van der Waals surface area contributed by atoms with E-state index in [9.17, 15) is 38.4 Å². The van der Waals surface area contributed by atoms with Crippen LogP contribution in [-0.4, -0.2) is 278 Å². The van der Waals surface area contributed by atoms with Gasteiger partial charge in [-0.15, -0.1) is 0 Å². The predicted molar refractivity (Wildman–Crippen MR) is 375 cm³/mol. The van der Waals surface area contributed by atoms with Crippen molar-refractivity contribution < 1.29 is 62.2 Å². The first-order valence-corrected chi connectivity index (χ1v) is 35.7. The third kappa shape index (κ3) is 24.3. The lowest BCUT2D eigenvalue weighted by Crippen LogP contribution is -2.62. The van der Waals surface area contributed by atoms with Crippen molar-refractivity contribution in [2.24, 2.45) is 35.5 Å². The van der Waals surface area contributed by atoms with E-state index in [0.29, 0.717) is 25.6 Å². The first kappa shape index (κ1) is 85.0. The smallest absolute Gasteiger partial charge is 0.245 e. The summed E-state index contributed by atoms with van der Waals surface area (Å²) in [6.07, 6.45) is 6.37. The number of piperazine rings is 1. The van der Waals surface area contributed by atoms with Crippen LogP contribution >= 0.6 is 0 Å². The first-order chi connectivity index (χ1) is 45.4. The Morgan fingerprint density at radius 2 is 1.12 bits per heavy atom. The summed E-state index contributed by atoms with van der Waals surface area (Å²) in [6, 6.07) is -11.3. The molecule has 0 aromatic heterocycles. The Labute approximate surface area is 580 Å². The maximum Gasteiger partial charge on any atom is 0.245 e. The van der Waals surface area contributed by atoms with Gasteiger partial charge in [-0.1, -0.05) is 94.7 Å². The normalized spacial score (nSPS) is 28.7. The molecule has 0 radical (unpaired) electrons. The summed E-state index contributed by atoms with van der Waals surface area (Å²) in [5.74, 6) is -8.85. The average molecular weight is 1370 g/mol. The second-order valence-corrected chi connectivity index (χ2v) is 29.4. The van der Waals surface area contributed by atoms with Crippen LogP contribution in [0.25, 0.3) is 0 Å². The van der Waals surface area contributed by atoms with Gasteiger partial charge in [-0.05, 0) is 109 Å². The molecule has 2 heterocycles. The van der Waals surface area contributed by atoms with Crippen molar-refractivity contribution in [3.05, 3.63) is 12.2 Å². The number of rotatable bonds is 19. The van der Waals surface area contributed by atoms with E-state index in [1.165, 1.54) is 119 Å². The van der Waals surface area contributed by atoms with Crippen molar-refractivity contribution in [2.75, 3.05) is 95.3 Å². The first-order valence-electron chi connectivity index (χ1n) is 35.7. The van der Waals surface area contributed by atoms with Crippen LogP contribution in [0.4, 0.5) is 0 Å². The molecule has 0 bridgehead atoms. The van der Waals surface area contributed by atoms with Gasteiger partial charge in [-0.3, -0.25) is 62.5 Å². The molecule has 14 unspecified atom stereocenters. The topological polar surface area (TPSA) is 292 Å². The Balaban J connectivity index is 2.22. The highest BCUT2D eigenvalue weighted by Crippen LogP contribution is 2.28. The minimum Gasteiger partial charge on any atom is -0.380 e. The van der Waals surface area contributed by atoms with Crippen molar-refractivity contribution in [3.8, 4) is 0 Å². The van der Waals surface area contributed by atoms with Crippen LogP contribution < -0.4 is 26.6 Å². The van der Waals surface area contributed by atoms with Crippen LogP contribution in [0.15, 0.2) is 12.2 Å². The SMILES string of the molecule is CC=CCC(C)C1CC(=O)NC(CC)C(=O)N(C)C(C)C(=O)N(C)C(C(C)COCCN2CCN(C3CCC3)CC2)C(=O)NC(C(C)C)C(=O)N(C)C(CC(C)C)C(=O)NC(C)C(=O)NC(C)C(=O)N(C)C(CC(C)C)C(=O)N(C)C(CC(C)C)C(=O)N(C)C(C(=O)NC)C(C)O1. The van der Waals surface area contributed by atoms with E-state index in [1.807, 2.05) is 67.5 Å². The van der Waals surface area contributed by atoms with Crippen LogP contribution in [0.2, 0.25) is 0 Å². The van der Waals surface area contributed by atoms with Gasteiger partial charge in [0.05, 0.1) is 31.8 Å². The van der Waals surface area contributed by atoms with Gasteiger partial charge in [0.15, 0.2) is 0 Å². The summed E-state index contributed by atoms with van der Waals surface area (Å²) >= 11 is 0. The summed E-state index contributed by atoms with van der Waals surface area (Å²) < 4.78 is 13.0. The lowest BCUT2D eigenvalue weighted by molar-refractivity contribution is -0.157. The second kappa shape index (κ2) is 40.1. The molecular formula is C71H127N13O13. The van der Waals surface area contributed by atoms with Crippen molar-refractivity contribution >= 4 is 65.0 Å². The third-order valence-electron chi connectivity index (χ3n) is 19.8. The monoisotopic (exact) mass is 1370 g/mol. The lowest BCUT2D eigenvalue weighted by Gasteiger charge is -2.43. The van der Waals surface area contributed by atoms with Gasteiger partial charge >= 0.3 is 0 Å². The zero-order chi connectivity index (χ0) is 73.6. The second-order valence-electron chi connectivity index (χ2n) is 29.4. The van der Waals surface area contributed by atoms with Gasteiger partial charge in [0.25, 0.3) is 0 Å². The van der Waals surface area contributed by atoms with Crippen LogP contribution in [0.3, 0.4) is 0 Å². The molecule has 1 saturated carbocycles. The number of carbonyl (C=O) groups is 11. The minimum absolute atomic E-state index is 0.0455. The zero-order valence-electron chi connectivity index (χ0n) is 63.3. The fourth-order valence-corrected chi connectivity index (χ4v) is 13.1. The van der Waals surface area contributed by atoms with Crippen molar-refractivity contribution in [1.82, 2.24) is 65.8 Å². The van der Waals surface area contributed by atoms with Crippen LogP contribution in [0.1, 0.15) is 169 Å². The number of hydrogen-bond acceptors (Lipinski definition) is 15. The fraction of sp³-hybridized carbons (Fsp3) is 0.817. The van der Waals surface area contributed by atoms with E-state index in [2.05, 4.69) is 36.4 Å². The van der Waals surface area contributed by atoms with Crippen molar-refractivity contribution in [3.63, 3.8) is 0 Å². The molecule has 11 amide bonds. The number of ether oxygens (including phenoxy) is 2. The molecule has 2 aliphatic heterocycles. The maximum absolute atomic E-state index is 15.1. The minimum atomic E-state index is -1.30. The quantitative estimate of drug-likeness (QED) is 0.0914. The number of allylic oxidation sites excluding steroid dienone is 2. The molecule has 3 fully saturated rings. The molecule has 5 N–H and O–H groups in total. The van der Waals surface area contributed by atoms with Crippen LogP contribution in [-0.2, 0) is 62.2 Å². The van der Waals surface area contributed by atoms with E-state index in [0.717, 1.165) is 26.2 Å². The average Bonchev–Trinajstić information content (AvgIpc) is 0.817. The van der Waals surface area contributed by atoms with E-state index in [-0.39, 0.29) is 62.4 Å². The van der Waals surface area contributed by atoms with Crippen LogP contribution in [0, 0.1) is 35.5 Å². The van der Waals surface area contributed by atoms with Gasteiger partial charge in [-0.2, -0.15) is 0 Å². The Morgan fingerprint density at radius 3 is 1.63 bits per heavy atom. The van der Waals surface area contributed by atoms with Gasteiger partial charge in [0.1, 0.15) is 60.4 Å². The highest BCUT2D eigenvalue weighted by atomic mass is 16.5. The zero-order valence-corrected chi connectivity index (χ0v) is 63.3. The van der Waals surface area contributed by atoms with Crippen molar-refractivity contribution in [1.29, 1.82) is 0 Å². The molecule has 14 atom stereocenters. The number of carbonyl (C=O) groups excluding carboxylic acids is 11. The van der Waals surface area contributed by atoms with Gasteiger partial charge < -0.3 is 65.5 Å². The predicted octanol–water partition coefficient (Wildman–Crippen LogP) is 3.50. The Kier molecular flexibility index (Phi) is 35.1. The molecule has 3 aliphatic rings. The maximum atomic E-state index is 15.1. The van der Waals surface area contributed by atoms with Crippen molar-refractivity contribution in [2.45, 2.75) is 247 Å². The molecule has 26 nitrogen and oxygen atoms in total. The molecule has 26 heteroatoms. The molecule has 3 rings (SSSR count). The van der Waals surface area contributed by atoms with E-state index in [4.69, 9.17) is 9.47 Å². The van der Waals surface area contributed by atoms with Crippen LogP contribution in [0.5, 0.6) is 0 Å². The molecule has 0 spiro atoms. The largest absolute Gasteiger partial charge is 0.380 e. The highest BCUT2D eigenvalue weighted by molar-refractivity contribution is 5.99. The Morgan fingerprint density at radius 1 is 0.598 bits per heavy atom. The lowest BCUT2D eigenvalue weighted by atomic mass is 9.91. The number of nitrogens with zero attached hydrogens (tertiary/aromatic N) is 8. The molecule has 554 valence electrons. The van der Waals surface area contributed by atoms with E-state index in [1.54, 1.807) is 34.6 Å². The summed E-state index contributed by atoms with van der Waals surface area (Å²) in [7, 11) is 10.2. The summed E-state index contributed by atoms with van der Waals surface area (Å²) in [4.78, 5) is 174. The fourth-order valence-electron chi connectivity index (χ4n) is 13.1. The summed E-state index contributed by atoms with van der Waals surface area (Å²) in [5.41, 5.74) is 0. The summed E-state index contributed by atoms with van der Waals surface area (Å²) in [5, 5.41) is 13.9. The molecule has 0 aromatic rings. The number of hydrogen-bond donors (Lipinski definition) is 5. The third-order valence-corrected chi connectivity index (χ3v) is 19.8. The van der Waals surface area contributed by atoms with Gasteiger partial charge in [-0.25, -0.2) is 0 Å². The van der Waals surface area contributed by atoms with Gasteiger partial charge in [0.2, 0.25) is 65.0 Å². The molecule has 97 heavy (non-hydrogen) atoms. The number of likely N-dealkylation sites (N-methyl/N-ethyl adjacent to an activating group) is 7. The molecular weight excluding hydrogens is 1240 g/mol. The number of nitrogens with one attached hydrogen (secondary N) is 5. The summed E-state index contributed by atoms with van der Waals surface area (Å²) in [6.45, 7) is 32.9. The molecule has 0 aromatic carbocycles. The highest BCUT2D eigenvalue weighted by Gasteiger charge is 2.45. The molecule has 1 aliphatic carbocycles. The Bertz CT molecular complexity index is 2650. The van der Waals surface area contributed by atoms with E-state index >= 15 is 14.4 Å².